The maximum atomic E-state index is 10.8. The minimum absolute atomic E-state index is 0.465. The van der Waals surface area contributed by atoms with E-state index in [2.05, 4.69) is 0 Å². The smallest absolute Gasteiger partial charge is 0.274 e. The minimum atomic E-state index is -0.478. The summed E-state index contributed by atoms with van der Waals surface area (Å²) in [6.45, 7) is 1.88. The molecule has 3 nitrogen and oxygen atoms in total. The van der Waals surface area contributed by atoms with Gasteiger partial charge in [0.15, 0.2) is 0 Å². The number of carbonyl (C=O) groups is 1. The molecule has 0 fully saturated rings. The second kappa shape index (κ2) is 3.16. The lowest BCUT2D eigenvalue weighted by atomic mass is 10.1. The quantitative estimate of drug-likeness (QED) is 0.466. The number of amides is 1. The Hall–Kier alpha value is -1.35. The number of hydrogen-bond donors (Lipinski definition) is 2. The predicted molar refractivity (Wildman–Crippen MR) is 40.4 cm³/mol. The van der Waals surface area contributed by atoms with Crippen molar-refractivity contribution in [3.8, 4) is 0 Å². The fraction of sp³-hybridized carbons (Fsp3) is 0.125. The van der Waals surface area contributed by atoms with Gasteiger partial charge in [-0.1, -0.05) is 17.7 Å². The van der Waals surface area contributed by atoms with Crippen molar-refractivity contribution in [3.63, 3.8) is 0 Å². The Morgan fingerprint density at radius 2 is 2.27 bits per heavy atom. The highest BCUT2D eigenvalue weighted by atomic mass is 16.5. The molecule has 0 aliphatic carbocycles. The summed E-state index contributed by atoms with van der Waals surface area (Å²) in [4.78, 5) is 10.8. The van der Waals surface area contributed by atoms with E-state index in [9.17, 15) is 4.79 Å². The van der Waals surface area contributed by atoms with Gasteiger partial charge in [-0.15, -0.1) is 0 Å². The maximum Gasteiger partial charge on any atom is 0.274 e. The van der Waals surface area contributed by atoms with E-state index >= 15 is 0 Å². The van der Waals surface area contributed by atoms with Crippen LogP contribution in [0.1, 0.15) is 15.9 Å². The fourth-order valence-electron chi connectivity index (χ4n) is 0.851. The molecule has 0 heterocycles. The van der Waals surface area contributed by atoms with Gasteiger partial charge < -0.3 is 0 Å². The van der Waals surface area contributed by atoms with Crippen LogP contribution < -0.4 is 5.48 Å². The van der Waals surface area contributed by atoms with E-state index in [0.29, 0.717) is 5.56 Å². The molecule has 0 aromatic heterocycles. The van der Waals surface area contributed by atoms with Crippen molar-refractivity contribution in [3.05, 3.63) is 35.4 Å². The number of rotatable bonds is 1. The summed E-state index contributed by atoms with van der Waals surface area (Å²) in [6, 6.07) is 6.98. The van der Waals surface area contributed by atoms with Crippen LogP contribution in [0.15, 0.2) is 24.3 Å². The van der Waals surface area contributed by atoms with Crippen molar-refractivity contribution in [1.82, 2.24) is 5.48 Å². The number of hydrogen-bond acceptors (Lipinski definition) is 2. The summed E-state index contributed by atoms with van der Waals surface area (Å²) < 4.78 is 0. The Labute approximate surface area is 64.6 Å². The Morgan fingerprint density at radius 1 is 1.55 bits per heavy atom. The van der Waals surface area contributed by atoms with Crippen molar-refractivity contribution in [2.45, 2.75) is 6.92 Å². The molecule has 0 spiro atoms. The molecule has 0 aliphatic rings. The van der Waals surface area contributed by atoms with Crippen LogP contribution in [0.5, 0.6) is 0 Å². The molecule has 2 N–H and O–H groups in total. The first-order valence-electron chi connectivity index (χ1n) is 3.25. The Kier molecular flexibility index (Phi) is 2.23. The summed E-state index contributed by atoms with van der Waals surface area (Å²) in [5.41, 5.74) is 3.03. The van der Waals surface area contributed by atoms with E-state index in [1.807, 2.05) is 13.0 Å². The summed E-state index contributed by atoms with van der Waals surface area (Å²) >= 11 is 0. The Morgan fingerprint density at radius 3 is 2.82 bits per heavy atom. The van der Waals surface area contributed by atoms with Gasteiger partial charge in [0, 0.05) is 5.56 Å². The summed E-state index contributed by atoms with van der Waals surface area (Å²) in [6.07, 6.45) is 0. The second-order valence-electron chi connectivity index (χ2n) is 2.31. The molecular weight excluding hydrogens is 142 g/mol. The first kappa shape index (κ1) is 7.75. The number of benzene rings is 1. The van der Waals surface area contributed by atoms with Crippen LogP contribution in [-0.4, -0.2) is 11.1 Å². The van der Waals surface area contributed by atoms with Crippen molar-refractivity contribution in [1.29, 1.82) is 0 Å². The van der Waals surface area contributed by atoms with Crippen LogP contribution >= 0.6 is 0 Å². The summed E-state index contributed by atoms with van der Waals surface area (Å²) in [7, 11) is 0. The molecule has 1 rings (SSSR count). The molecule has 1 aromatic carbocycles. The predicted octanol–water partition coefficient (Wildman–Crippen LogP) is 1.11. The molecule has 0 radical (unpaired) electrons. The zero-order chi connectivity index (χ0) is 8.27. The average molecular weight is 151 g/mol. The van der Waals surface area contributed by atoms with Crippen LogP contribution in [0, 0.1) is 6.92 Å². The first-order chi connectivity index (χ1) is 5.24. The SMILES string of the molecule is Cc1cccc(C(=O)NO)c1. The van der Waals surface area contributed by atoms with Gasteiger partial charge in [0.1, 0.15) is 0 Å². The largest absolute Gasteiger partial charge is 0.288 e. The highest BCUT2D eigenvalue weighted by Gasteiger charge is 2.01. The molecule has 3 heteroatoms. The monoisotopic (exact) mass is 151 g/mol. The van der Waals surface area contributed by atoms with Gasteiger partial charge >= 0.3 is 0 Å². The number of aryl methyl sites for hydroxylation is 1. The van der Waals surface area contributed by atoms with Crippen molar-refractivity contribution < 1.29 is 10.0 Å². The molecule has 0 unspecified atom stereocenters. The fourth-order valence-corrected chi connectivity index (χ4v) is 0.851. The zero-order valence-corrected chi connectivity index (χ0v) is 6.16. The van der Waals surface area contributed by atoms with E-state index < -0.39 is 5.91 Å². The molecule has 0 atom stereocenters. The maximum absolute atomic E-state index is 10.8. The second-order valence-corrected chi connectivity index (χ2v) is 2.31. The Balaban J connectivity index is 2.96. The van der Waals surface area contributed by atoms with Gasteiger partial charge in [-0.05, 0) is 19.1 Å². The van der Waals surface area contributed by atoms with Crippen molar-refractivity contribution in [2.24, 2.45) is 0 Å². The van der Waals surface area contributed by atoms with E-state index in [0.717, 1.165) is 5.56 Å². The molecule has 0 saturated heterocycles. The molecule has 0 bridgehead atoms. The zero-order valence-electron chi connectivity index (χ0n) is 6.16. The Bertz CT molecular complexity index is 271. The van der Waals surface area contributed by atoms with Gasteiger partial charge in [0.05, 0.1) is 0 Å². The van der Waals surface area contributed by atoms with Crippen LogP contribution in [-0.2, 0) is 0 Å². The minimum Gasteiger partial charge on any atom is -0.288 e. The van der Waals surface area contributed by atoms with Crippen LogP contribution in [0.3, 0.4) is 0 Å². The number of carbonyl (C=O) groups excluding carboxylic acids is 1. The molecule has 11 heavy (non-hydrogen) atoms. The molecule has 0 saturated carbocycles. The molecule has 1 aromatic rings. The third-order valence-electron chi connectivity index (χ3n) is 1.38. The van der Waals surface area contributed by atoms with E-state index in [1.54, 1.807) is 23.7 Å². The topological polar surface area (TPSA) is 49.3 Å². The van der Waals surface area contributed by atoms with Gasteiger partial charge in [-0.3, -0.25) is 10.0 Å². The lowest BCUT2D eigenvalue weighted by Gasteiger charge is -1.98. The highest BCUT2D eigenvalue weighted by molar-refractivity contribution is 5.93. The standard InChI is InChI=1S/C8H9NO2/c1-6-3-2-4-7(5-6)8(10)9-11/h2-5,11H,1H3,(H,9,10). The molecule has 1 amide bonds. The van der Waals surface area contributed by atoms with Crippen LogP contribution in [0.4, 0.5) is 0 Å². The number of hydroxylamine groups is 1. The summed E-state index contributed by atoms with van der Waals surface area (Å²) in [5.74, 6) is -0.478. The van der Waals surface area contributed by atoms with Crippen molar-refractivity contribution >= 4 is 5.91 Å². The molecule has 0 aliphatic heterocycles. The highest BCUT2D eigenvalue weighted by Crippen LogP contribution is 2.02. The summed E-state index contributed by atoms with van der Waals surface area (Å²) in [5, 5.41) is 8.28. The van der Waals surface area contributed by atoms with Gasteiger partial charge in [0.25, 0.3) is 5.91 Å². The average Bonchev–Trinajstić information content (AvgIpc) is 2.03. The van der Waals surface area contributed by atoms with Crippen LogP contribution in [0.25, 0.3) is 0 Å². The molecular formula is C8H9NO2. The lowest BCUT2D eigenvalue weighted by Crippen LogP contribution is -2.18. The third kappa shape index (κ3) is 1.78. The lowest BCUT2D eigenvalue weighted by molar-refractivity contribution is 0.0706. The number of nitrogens with one attached hydrogen (secondary N) is 1. The van der Waals surface area contributed by atoms with Gasteiger partial charge in [-0.25, -0.2) is 5.48 Å². The first-order valence-corrected chi connectivity index (χ1v) is 3.25. The molecule has 58 valence electrons. The van der Waals surface area contributed by atoms with E-state index in [1.165, 1.54) is 0 Å². The van der Waals surface area contributed by atoms with Crippen LogP contribution in [0.2, 0.25) is 0 Å². The van der Waals surface area contributed by atoms with E-state index in [4.69, 9.17) is 5.21 Å². The third-order valence-corrected chi connectivity index (χ3v) is 1.38. The van der Waals surface area contributed by atoms with Crippen molar-refractivity contribution in [2.75, 3.05) is 0 Å². The van der Waals surface area contributed by atoms with E-state index in [-0.39, 0.29) is 0 Å². The van der Waals surface area contributed by atoms with Gasteiger partial charge in [0.2, 0.25) is 0 Å². The normalized spacial score (nSPS) is 9.27. The van der Waals surface area contributed by atoms with Gasteiger partial charge in [-0.2, -0.15) is 0 Å².